The summed E-state index contributed by atoms with van der Waals surface area (Å²) in [6, 6.07) is 4.10. The molecule has 1 N–H and O–H groups in total. The first-order valence-corrected chi connectivity index (χ1v) is 7.22. The molecule has 2 rings (SSSR count). The van der Waals surface area contributed by atoms with Crippen LogP contribution in [0.25, 0.3) is 0 Å². The summed E-state index contributed by atoms with van der Waals surface area (Å²) in [7, 11) is 0. The lowest BCUT2D eigenvalue weighted by Gasteiger charge is -2.21. The number of aromatic nitrogens is 1. The van der Waals surface area contributed by atoms with E-state index in [0.717, 1.165) is 57.0 Å². The normalized spacial score (nSPS) is 16.5. The molecule has 0 aromatic carbocycles. The van der Waals surface area contributed by atoms with Gasteiger partial charge in [0.2, 0.25) is 0 Å². The van der Waals surface area contributed by atoms with Gasteiger partial charge in [0.1, 0.15) is 5.82 Å². The molecular weight excluding hydrogens is 240 g/mol. The summed E-state index contributed by atoms with van der Waals surface area (Å²) in [4.78, 5) is 4.37. The van der Waals surface area contributed by atoms with Gasteiger partial charge in [-0.2, -0.15) is 0 Å². The number of rotatable bonds is 7. The number of hydrogen-bond acceptors (Lipinski definition) is 4. The summed E-state index contributed by atoms with van der Waals surface area (Å²) < 4.78 is 11.1. The van der Waals surface area contributed by atoms with E-state index in [9.17, 15) is 0 Å². The topological polar surface area (TPSA) is 43.4 Å². The maximum absolute atomic E-state index is 5.76. The molecule has 0 radical (unpaired) electrons. The van der Waals surface area contributed by atoms with Gasteiger partial charge in [0.05, 0.1) is 13.2 Å². The zero-order valence-electron chi connectivity index (χ0n) is 11.7. The van der Waals surface area contributed by atoms with E-state index in [1.807, 2.05) is 12.3 Å². The van der Waals surface area contributed by atoms with Gasteiger partial charge in [0.25, 0.3) is 0 Å². The van der Waals surface area contributed by atoms with Crippen molar-refractivity contribution in [2.24, 2.45) is 5.92 Å². The van der Waals surface area contributed by atoms with E-state index in [4.69, 9.17) is 9.47 Å². The van der Waals surface area contributed by atoms with Crippen molar-refractivity contribution in [1.82, 2.24) is 4.98 Å². The first-order valence-electron chi connectivity index (χ1n) is 7.22. The SMILES string of the molecule is CCCNc1ccc(COCC2CCOCC2)cn1. The van der Waals surface area contributed by atoms with E-state index in [1.165, 1.54) is 0 Å². The van der Waals surface area contributed by atoms with Crippen LogP contribution in [0.1, 0.15) is 31.7 Å². The predicted molar refractivity (Wildman–Crippen MR) is 76.2 cm³/mol. The Balaban J connectivity index is 1.67. The molecule has 0 amide bonds. The van der Waals surface area contributed by atoms with Crippen molar-refractivity contribution in [3.8, 4) is 0 Å². The van der Waals surface area contributed by atoms with Crippen molar-refractivity contribution in [3.63, 3.8) is 0 Å². The van der Waals surface area contributed by atoms with Crippen LogP contribution < -0.4 is 5.32 Å². The largest absolute Gasteiger partial charge is 0.381 e. The number of anilines is 1. The third kappa shape index (κ3) is 5.17. The fraction of sp³-hybridized carbons (Fsp3) is 0.667. The standard InChI is InChI=1S/C15H24N2O2/c1-2-7-16-15-4-3-14(10-17-15)12-19-11-13-5-8-18-9-6-13/h3-4,10,13H,2,5-9,11-12H2,1H3,(H,16,17). The molecule has 19 heavy (non-hydrogen) atoms. The van der Waals surface area contributed by atoms with Gasteiger partial charge in [-0.05, 0) is 36.8 Å². The van der Waals surface area contributed by atoms with Gasteiger partial charge in [-0.15, -0.1) is 0 Å². The van der Waals surface area contributed by atoms with Crippen molar-refractivity contribution in [2.75, 3.05) is 31.7 Å². The molecule has 0 saturated carbocycles. The van der Waals surface area contributed by atoms with E-state index in [0.29, 0.717) is 12.5 Å². The van der Waals surface area contributed by atoms with Gasteiger partial charge in [-0.25, -0.2) is 4.98 Å². The van der Waals surface area contributed by atoms with Gasteiger partial charge in [0.15, 0.2) is 0 Å². The monoisotopic (exact) mass is 264 g/mol. The van der Waals surface area contributed by atoms with Crippen LogP contribution in [0.2, 0.25) is 0 Å². The molecule has 4 heteroatoms. The van der Waals surface area contributed by atoms with Gasteiger partial charge in [-0.3, -0.25) is 0 Å². The lowest BCUT2D eigenvalue weighted by atomic mass is 10.0. The molecule has 0 aliphatic carbocycles. The van der Waals surface area contributed by atoms with Crippen LogP contribution in [-0.2, 0) is 16.1 Å². The van der Waals surface area contributed by atoms with Crippen molar-refractivity contribution in [3.05, 3.63) is 23.9 Å². The zero-order valence-corrected chi connectivity index (χ0v) is 11.7. The number of nitrogens with zero attached hydrogens (tertiary/aromatic N) is 1. The van der Waals surface area contributed by atoms with Crippen molar-refractivity contribution in [2.45, 2.75) is 32.8 Å². The molecule has 106 valence electrons. The molecule has 0 unspecified atom stereocenters. The summed E-state index contributed by atoms with van der Waals surface area (Å²) >= 11 is 0. The Morgan fingerprint density at radius 3 is 2.89 bits per heavy atom. The Morgan fingerprint density at radius 2 is 2.21 bits per heavy atom. The molecule has 1 aliphatic heterocycles. The van der Waals surface area contributed by atoms with E-state index < -0.39 is 0 Å². The highest BCUT2D eigenvalue weighted by Crippen LogP contribution is 2.15. The minimum Gasteiger partial charge on any atom is -0.381 e. The van der Waals surface area contributed by atoms with Crippen molar-refractivity contribution >= 4 is 5.82 Å². The highest BCUT2D eigenvalue weighted by molar-refractivity contribution is 5.35. The highest BCUT2D eigenvalue weighted by Gasteiger charge is 2.13. The second-order valence-corrected chi connectivity index (χ2v) is 5.05. The summed E-state index contributed by atoms with van der Waals surface area (Å²) in [5.41, 5.74) is 1.13. The Kier molecular flexibility index (Phi) is 6.11. The van der Waals surface area contributed by atoms with Crippen LogP contribution in [0.4, 0.5) is 5.82 Å². The van der Waals surface area contributed by atoms with E-state index in [-0.39, 0.29) is 0 Å². The molecule has 1 aliphatic rings. The molecule has 0 atom stereocenters. The fourth-order valence-electron chi connectivity index (χ4n) is 2.12. The predicted octanol–water partition coefficient (Wildman–Crippen LogP) is 2.85. The second kappa shape index (κ2) is 8.12. The molecule has 1 aromatic rings. The lowest BCUT2D eigenvalue weighted by molar-refractivity contribution is 0.0157. The van der Waals surface area contributed by atoms with Gasteiger partial charge in [0, 0.05) is 26.0 Å². The molecule has 1 aromatic heterocycles. The van der Waals surface area contributed by atoms with Crippen LogP contribution in [0.3, 0.4) is 0 Å². The smallest absolute Gasteiger partial charge is 0.125 e. The van der Waals surface area contributed by atoms with Crippen LogP contribution in [-0.4, -0.2) is 31.3 Å². The summed E-state index contributed by atoms with van der Waals surface area (Å²) in [6.07, 6.45) is 5.25. The third-order valence-corrected chi connectivity index (χ3v) is 3.34. The Hall–Kier alpha value is -1.13. The molecule has 0 bridgehead atoms. The maximum atomic E-state index is 5.76. The van der Waals surface area contributed by atoms with Crippen LogP contribution in [0.15, 0.2) is 18.3 Å². The van der Waals surface area contributed by atoms with Gasteiger partial charge >= 0.3 is 0 Å². The molecule has 1 saturated heterocycles. The van der Waals surface area contributed by atoms with Crippen LogP contribution >= 0.6 is 0 Å². The van der Waals surface area contributed by atoms with E-state index >= 15 is 0 Å². The highest BCUT2D eigenvalue weighted by atomic mass is 16.5. The Bertz CT molecular complexity index is 348. The number of ether oxygens (including phenoxy) is 2. The summed E-state index contributed by atoms with van der Waals surface area (Å²) in [6.45, 7) is 6.36. The second-order valence-electron chi connectivity index (χ2n) is 5.05. The Labute approximate surface area is 115 Å². The number of nitrogens with one attached hydrogen (secondary N) is 1. The molecule has 2 heterocycles. The quantitative estimate of drug-likeness (QED) is 0.822. The van der Waals surface area contributed by atoms with Crippen molar-refractivity contribution in [1.29, 1.82) is 0 Å². The minimum atomic E-state index is 0.651. The average Bonchev–Trinajstić information content (AvgIpc) is 2.47. The summed E-state index contributed by atoms with van der Waals surface area (Å²) in [5.74, 6) is 1.60. The third-order valence-electron chi connectivity index (χ3n) is 3.34. The lowest BCUT2D eigenvalue weighted by Crippen LogP contribution is -2.20. The minimum absolute atomic E-state index is 0.651. The first-order chi connectivity index (χ1) is 9.38. The van der Waals surface area contributed by atoms with Gasteiger partial charge < -0.3 is 14.8 Å². The maximum Gasteiger partial charge on any atom is 0.125 e. The first kappa shape index (κ1) is 14.3. The van der Waals surface area contributed by atoms with Crippen molar-refractivity contribution < 1.29 is 9.47 Å². The zero-order chi connectivity index (χ0) is 13.3. The number of pyridine rings is 1. The van der Waals surface area contributed by atoms with E-state index in [1.54, 1.807) is 0 Å². The molecular formula is C15H24N2O2. The molecule has 1 fully saturated rings. The van der Waals surface area contributed by atoms with Gasteiger partial charge in [-0.1, -0.05) is 13.0 Å². The fourth-order valence-corrected chi connectivity index (χ4v) is 2.12. The Morgan fingerprint density at radius 1 is 1.37 bits per heavy atom. The van der Waals surface area contributed by atoms with E-state index in [2.05, 4.69) is 23.3 Å². The summed E-state index contributed by atoms with van der Waals surface area (Å²) in [5, 5.41) is 3.26. The van der Waals surface area contributed by atoms with Crippen LogP contribution in [0.5, 0.6) is 0 Å². The molecule has 0 spiro atoms. The number of hydrogen-bond donors (Lipinski definition) is 1. The average molecular weight is 264 g/mol. The van der Waals surface area contributed by atoms with Crippen LogP contribution in [0, 0.1) is 5.92 Å². The molecule has 4 nitrogen and oxygen atoms in total.